The molecule has 146 valence electrons. The first-order valence-corrected chi connectivity index (χ1v) is 11.9. The van der Waals surface area contributed by atoms with Crippen LogP contribution in [0, 0.1) is 0 Å². The van der Waals surface area contributed by atoms with Gasteiger partial charge in [0.2, 0.25) is 0 Å². The number of fused-ring (bicyclic) bond motifs is 3. The number of rotatable bonds is 8. The SMILES string of the molecule is CC(C)(C)S(=O)(=O)CCCCCCCC1c2ccccc2-c2ccccc21. The van der Waals surface area contributed by atoms with Crippen molar-refractivity contribution in [1.82, 2.24) is 0 Å². The Balaban J connectivity index is 1.47. The van der Waals surface area contributed by atoms with Crippen LogP contribution in [0.1, 0.15) is 76.3 Å². The monoisotopic (exact) mass is 384 g/mol. The summed E-state index contributed by atoms with van der Waals surface area (Å²) in [5.74, 6) is 0.832. The van der Waals surface area contributed by atoms with E-state index in [-0.39, 0.29) is 0 Å². The van der Waals surface area contributed by atoms with Gasteiger partial charge in [0.25, 0.3) is 0 Å². The molecule has 0 N–H and O–H groups in total. The molecule has 0 spiro atoms. The maximum atomic E-state index is 12.1. The van der Waals surface area contributed by atoms with E-state index in [1.165, 1.54) is 41.5 Å². The maximum Gasteiger partial charge on any atom is 0.155 e. The van der Waals surface area contributed by atoms with Gasteiger partial charge in [0.1, 0.15) is 0 Å². The molecule has 3 heteroatoms. The van der Waals surface area contributed by atoms with Crippen molar-refractivity contribution in [3.8, 4) is 11.1 Å². The maximum absolute atomic E-state index is 12.1. The van der Waals surface area contributed by atoms with E-state index in [1.54, 1.807) is 20.8 Å². The Kier molecular flexibility index (Phi) is 6.10. The highest BCUT2D eigenvalue weighted by Crippen LogP contribution is 2.46. The highest BCUT2D eigenvalue weighted by Gasteiger charge is 2.28. The third-order valence-electron chi connectivity index (χ3n) is 5.80. The number of unbranched alkanes of at least 4 members (excludes halogenated alkanes) is 4. The second kappa shape index (κ2) is 8.18. The second-order valence-corrected chi connectivity index (χ2v) is 11.6. The molecule has 0 aromatic heterocycles. The molecule has 0 fully saturated rings. The van der Waals surface area contributed by atoms with Crippen LogP contribution in [0.5, 0.6) is 0 Å². The fraction of sp³-hybridized carbons (Fsp3) is 0.500. The third-order valence-corrected chi connectivity index (χ3v) is 8.49. The van der Waals surface area contributed by atoms with Crippen LogP contribution in [0.4, 0.5) is 0 Å². The van der Waals surface area contributed by atoms with Gasteiger partial charge < -0.3 is 0 Å². The molecular weight excluding hydrogens is 352 g/mol. The molecule has 0 saturated heterocycles. The molecule has 1 aliphatic carbocycles. The normalized spacial score (nSPS) is 14.2. The van der Waals surface area contributed by atoms with Gasteiger partial charge in [0, 0.05) is 5.92 Å². The number of benzene rings is 2. The first kappa shape index (κ1) is 20.1. The van der Waals surface area contributed by atoms with Crippen molar-refractivity contribution in [2.24, 2.45) is 0 Å². The van der Waals surface area contributed by atoms with E-state index >= 15 is 0 Å². The van der Waals surface area contributed by atoms with Crippen LogP contribution in [0.2, 0.25) is 0 Å². The number of hydrogen-bond donors (Lipinski definition) is 0. The van der Waals surface area contributed by atoms with Crippen molar-refractivity contribution in [2.45, 2.75) is 70.0 Å². The van der Waals surface area contributed by atoms with Gasteiger partial charge in [-0.1, -0.05) is 74.2 Å². The smallest absolute Gasteiger partial charge is 0.155 e. The zero-order valence-corrected chi connectivity index (χ0v) is 17.7. The molecule has 1 aliphatic rings. The Bertz CT molecular complexity index is 830. The second-order valence-electron chi connectivity index (χ2n) is 8.71. The Hall–Kier alpha value is -1.61. The minimum Gasteiger partial charge on any atom is -0.228 e. The van der Waals surface area contributed by atoms with E-state index in [0.717, 1.165) is 19.3 Å². The third kappa shape index (κ3) is 4.45. The first-order valence-electron chi connectivity index (χ1n) is 10.2. The van der Waals surface area contributed by atoms with Crippen LogP contribution in [-0.2, 0) is 9.84 Å². The summed E-state index contributed by atoms with van der Waals surface area (Å²) in [6.07, 6.45) is 6.46. The van der Waals surface area contributed by atoms with Crippen molar-refractivity contribution in [2.75, 3.05) is 5.75 Å². The molecular formula is C24H32O2S. The average molecular weight is 385 g/mol. The number of sulfone groups is 1. The predicted octanol–water partition coefficient (Wildman–Crippen LogP) is 6.35. The fourth-order valence-corrected chi connectivity index (χ4v) is 5.24. The average Bonchev–Trinajstić information content (AvgIpc) is 2.94. The van der Waals surface area contributed by atoms with Gasteiger partial charge in [0.15, 0.2) is 9.84 Å². The number of hydrogen-bond acceptors (Lipinski definition) is 2. The lowest BCUT2D eigenvalue weighted by Crippen LogP contribution is -2.30. The molecule has 0 unspecified atom stereocenters. The van der Waals surface area contributed by atoms with E-state index in [9.17, 15) is 8.42 Å². The van der Waals surface area contributed by atoms with Crippen molar-refractivity contribution >= 4 is 9.84 Å². The lowest BCUT2D eigenvalue weighted by atomic mass is 9.91. The summed E-state index contributed by atoms with van der Waals surface area (Å²) in [5, 5.41) is 0. The molecule has 27 heavy (non-hydrogen) atoms. The van der Waals surface area contributed by atoms with Gasteiger partial charge in [-0.2, -0.15) is 0 Å². The standard InChI is InChI=1S/C24H32O2S/c1-24(2,3)27(25,26)18-12-6-4-5-7-13-19-20-14-8-10-16-22(20)23-17-11-9-15-21(19)23/h8-11,14-17,19H,4-7,12-13,18H2,1-3H3. The molecule has 3 rings (SSSR count). The minimum absolute atomic E-state index is 0.319. The van der Waals surface area contributed by atoms with E-state index in [4.69, 9.17) is 0 Å². The van der Waals surface area contributed by atoms with E-state index < -0.39 is 14.6 Å². The molecule has 2 aromatic carbocycles. The summed E-state index contributed by atoms with van der Waals surface area (Å²) >= 11 is 0. The molecule has 0 amide bonds. The Morgan fingerprint density at radius 3 is 1.78 bits per heavy atom. The molecule has 0 heterocycles. The summed E-state index contributed by atoms with van der Waals surface area (Å²) in [4.78, 5) is 0. The van der Waals surface area contributed by atoms with Crippen LogP contribution in [0.3, 0.4) is 0 Å². The van der Waals surface area contributed by atoms with Gasteiger partial charge in [-0.3, -0.25) is 0 Å². The molecule has 0 aliphatic heterocycles. The molecule has 2 aromatic rings. The predicted molar refractivity (Wildman–Crippen MR) is 115 cm³/mol. The Labute approximate surface area is 164 Å². The van der Waals surface area contributed by atoms with Gasteiger partial charge in [-0.05, 0) is 55.9 Å². The van der Waals surface area contributed by atoms with E-state index in [1.807, 2.05) is 0 Å². The van der Waals surface area contributed by atoms with Gasteiger partial charge >= 0.3 is 0 Å². The summed E-state index contributed by atoms with van der Waals surface area (Å²) < 4.78 is 23.7. The Morgan fingerprint density at radius 2 is 1.22 bits per heavy atom. The van der Waals surface area contributed by atoms with Crippen molar-refractivity contribution in [1.29, 1.82) is 0 Å². The Morgan fingerprint density at radius 1 is 0.741 bits per heavy atom. The van der Waals surface area contributed by atoms with Crippen LogP contribution in [0.15, 0.2) is 48.5 Å². The summed E-state index contributed by atoms with van der Waals surface area (Å²) in [7, 11) is -2.97. The summed E-state index contributed by atoms with van der Waals surface area (Å²) in [5.41, 5.74) is 5.72. The van der Waals surface area contributed by atoms with Crippen LogP contribution in [-0.4, -0.2) is 18.9 Å². The molecule has 0 radical (unpaired) electrons. The summed E-state index contributed by atoms with van der Waals surface area (Å²) in [6.45, 7) is 5.37. The highest BCUT2D eigenvalue weighted by atomic mass is 32.2. The van der Waals surface area contributed by atoms with Crippen molar-refractivity contribution in [3.05, 3.63) is 59.7 Å². The first-order chi connectivity index (χ1) is 12.8. The van der Waals surface area contributed by atoms with Crippen LogP contribution < -0.4 is 0 Å². The van der Waals surface area contributed by atoms with Gasteiger partial charge in [0.05, 0.1) is 10.5 Å². The molecule has 2 nitrogen and oxygen atoms in total. The lowest BCUT2D eigenvalue weighted by molar-refractivity contribution is 0.549. The molecule has 0 bridgehead atoms. The van der Waals surface area contributed by atoms with Crippen LogP contribution >= 0.6 is 0 Å². The quantitative estimate of drug-likeness (QED) is 0.497. The van der Waals surface area contributed by atoms with Gasteiger partial charge in [-0.25, -0.2) is 8.42 Å². The minimum atomic E-state index is -2.97. The topological polar surface area (TPSA) is 34.1 Å². The highest BCUT2D eigenvalue weighted by molar-refractivity contribution is 7.92. The van der Waals surface area contributed by atoms with E-state index in [2.05, 4.69) is 48.5 Å². The zero-order chi connectivity index (χ0) is 19.5. The summed E-state index contributed by atoms with van der Waals surface area (Å²) in [6, 6.07) is 17.6. The van der Waals surface area contributed by atoms with Crippen LogP contribution in [0.25, 0.3) is 11.1 Å². The largest absolute Gasteiger partial charge is 0.228 e. The van der Waals surface area contributed by atoms with Crippen molar-refractivity contribution in [3.63, 3.8) is 0 Å². The molecule has 0 atom stereocenters. The lowest BCUT2D eigenvalue weighted by Gasteiger charge is -2.18. The van der Waals surface area contributed by atoms with E-state index in [0.29, 0.717) is 11.7 Å². The van der Waals surface area contributed by atoms with Crippen molar-refractivity contribution < 1.29 is 8.42 Å². The molecule has 0 saturated carbocycles. The van der Waals surface area contributed by atoms with Gasteiger partial charge in [-0.15, -0.1) is 0 Å². The zero-order valence-electron chi connectivity index (χ0n) is 16.9. The fourth-order valence-electron chi connectivity index (χ4n) is 4.05.